The zero-order chi connectivity index (χ0) is 9.99. The molecule has 0 aliphatic carbocycles. The standard InChI is InChI=1S/C4H4Cl6OS/c5-3(6,7)1-12(11)2-4(8,9)10/h1-2H2. The van der Waals surface area contributed by atoms with E-state index in [0.29, 0.717) is 0 Å². The molecular formula is C4H4Cl6OS. The lowest BCUT2D eigenvalue weighted by atomic mass is 10.9. The van der Waals surface area contributed by atoms with Crippen LogP contribution in [0.1, 0.15) is 0 Å². The molecule has 74 valence electrons. The fourth-order valence-corrected chi connectivity index (χ4v) is 3.44. The van der Waals surface area contributed by atoms with E-state index in [1.807, 2.05) is 0 Å². The third-order valence-corrected chi connectivity index (χ3v) is 3.91. The molecule has 0 amide bonds. The topological polar surface area (TPSA) is 17.1 Å². The number of hydrogen-bond donors (Lipinski definition) is 0. The average molecular weight is 313 g/mol. The van der Waals surface area contributed by atoms with Gasteiger partial charge in [-0.05, 0) is 0 Å². The van der Waals surface area contributed by atoms with Crippen LogP contribution in [0.2, 0.25) is 0 Å². The minimum atomic E-state index is -1.57. The number of rotatable bonds is 2. The van der Waals surface area contributed by atoms with Gasteiger partial charge >= 0.3 is 0 Å². The average Bonchev–Trinajstić information content (AvgIpc) is 1.49. The molecule has 0 atom stereocenters. The van der Waals surface area contributed by atoms with Gasteiger partial charge in [-0.2, -0.15) is 0 Å². The Hall–Kier alpha value is 1.89. The summed E-state index contributed by atoms with van der Waals surface area (Å²) in [5, 5.41) is 0. The van der Waals surface area contributed by atoms with Crippen LogP contribution < -0.4 is 0 Å². The van der Waals surface area contributed by atoms with Gasteiger partial charge in [0.1, 0.15) is 0 Å². The van der Waals surface area contributed by atoms with Crippen LogP contribution in [0.25, 0.3) is 0 Å². The van der Waals surface area contributed by atoms with Crippen LogP contribution in [-0.2, 0) is 10.8 Å². The fourth-order valence-electron chi connectivity index (χ4n) is 0.416. The van der Waals surface area contributed by atoms with Gasteiger partial charge in [0.2, 0.25) is 7.59 Å². The SMILES string of the molecule is O=S(CC(Cl)(Cl)Cl)CC(Cl)(Cl)Cl. The first-order chi connectivity index (χ1) is 5.10. The van der Waals surface area contributed by atoms with Gasteiger partial charge in [-0.25, -0.2) is 0 Å². The molecule has 0 aromatic rings. The van der Waals surface area contributed by atoms with E-state index in [9.17, 15) is 4.21 Å². The Balaban J connectivity index is 3.92. The summed E-state index contributed by atoms with van der Waals surface area (Å²) in [5.41, 5.74) is 0. The molecule has 0 saturated heterocycles. The molecule has 12 heavy (non-hydrogen) atoms. The van der Waals surface area contributed by atoms with Crippen molar-refractivity contribution in [3.8, 4) is 0 Å². The summed E-state index contributed by atoms with van der Waals surface area (Å²) in [6.07, 6.45) is 0. The lowest BCUT2D eigenvalue weighted by Crippen LogP contribution is -2.23. The van der Waals surface area contributed by atoms with E-state index in [0.717, 1.165) is 0 Å². The van der Waals surface area contributed by atoms with E-state index >= 15 is 0 Å². The van der Waals surface area contributed by atoms with E-state index in [-0.39, 0.29) is 11.5 Å². The van der Waals surface area contributed by atoms with Gasteiger partial charge in [0.25, 0.3) is 0 Å². The summed E-state index contributed by atoms with van der Waals surface area (Å²) < 4.78 is 7.94. The van der Waals surface area contributed by atoms with Crippen LogP contribution in [0, 0.1) is 0 Å². The summed E-state index contributed by atoms with van der Waals surface area (Å²) in [5.74, 6) is -0.294. The quantitative estimate of drug-likeness (QED) is 0.714. The van der Waals surface area contributed by atoms with Gasteiger partial charge in [0.15, 0.2) is 0 Å². The maximum absolute atomic E-state index is 11.1. The lowest BCUT2D eigenvalue weighted by Gasteiger charge is -2.13. The van der Waals surface area contributed by atoms with Crippen LogP contribution in [0.3, 0.4) is 0 Å². The van der Waals surface area contributed by atoms with E-state index < -0.39 is 18.4 Å². The highest BCUT2D eigenvalue weighted by atomic mass is 35.6. The van der Waals surface area contributed by atoms with Crippen LogP contribution in [0.4, 0.5) is 0 Å². The van der Waals surface area contributed by atoms with Gasteiger partial charge in [-0.15, -0.1) is 0 Å². The smallest absolute Gasteiger partial charge is 0.201 e. The van der Waals surface area contributed by atoms with Crippen LogP contribution >= 0.6 is 69.6 Å². The maximum atomic E-state index is 11.1. The van der Waals surface area contributed by atoms with Crippen molar-refractivity contribution < 1.29 is 4.21 Å². The third kappa shape index (κ3) is 9.97. The normalized spacial score (nSPS) is 13.9. The van der Waals surface area contributed by atoms with Gasteiger partial charge in [0.05, 0.1) is 11.5 Å². The first-order valence-corrected chi connectivity index (χ1v) is 6.34. The number of alkyl halides is 6. The second-order valence-electron chi connectivity index (χ2n) is 1.96. The summed E-state index contributed by atoms with van der Waals surface area (Å²) in [4.78, 5) is 0. The number of halogens is 6. The van der Waals surface area contributed by atoms with Crippen LogP contribution in [0.5, 0.6) is 0 Å². The minimum Gasteiger partial charge on any atom is -0.259 e. The Kier molecular flexibility index (Phi) is 5.91. The molecule has 8 heteroatoms. The van der Waals surface area contributed by atoms with Crippen molar-refractivity contribution in [1.82, 2.24) is 0 Å². The van der Waals surface area contributed by atoms with Gasteiger partial charge < -0.3 is 0 Å². The second-order valence-corrected chi connectivity index (χ2v) is 8.45. The van der Waals surface area contributed by atoms with E-state index in [1.54, 1.807) is 0 Å². The molecule has 0 radical (unpaired) electrons. The molecule has 0 rings (SSSR count). The van der Waals surface area contributed by atoms with Gasteiger partial charge in [-0.3, -0.25) is 4.21 Å². The van der Waals surface area contributed by atoms with Crippen molar-refractivity contribution in [3.63, 3.8) is 0 Å². The van der Waals surface area contributed by atoms with Crippen molar-refractivity contribution in [2.75, 3.05) is 11.5 Å². The molecule has 0 bridgehead atoms. The maximum Gasteiger partial charge on any atom is 0.201 e. The molecule has 0 aromatic carbocycles. The van der Waals surface area contributed by atoms with Crippen LogP contribution in [0.15, 0.2) is 0 Å². The molecule has 0 spiro atoms. The first-order valence-electron chi connectivity index (χ1n) is 2.59. The van der Waals surface area contributed by atoms with Gasteiger partial charge in [-0.1, -0.05) is 69.6 Å². The van der Waals surface area contributed by atoms with Crippen molar-refractivity contribution in [1.29, 1.82) is 0 Å². The predicted octanol–water partition coefficient (Wildman–Crippen LogP) is 3.48. The van der Waals surface area contributed by atoms with E-state index in [4.69, 9.17) is 69.6 Å². The summed E-state index contributed by atoms with van der Waals surface area (Å²) >= 11 is 32.2. The van der Waals surface area contributed by atoms with E-state index in [1.165, 1.54) is 0 Å². The highest BCUT2D eigenvalue weighted by molar-refractivity contribution is 7.85. The molecule has 0 aliphatic rings. The Morgan fingerprint density at radius 1 is 0.833 bits per heavy atom. The highest BCUT2D eigenvalue weighted by Crippen LogP contribution is 2.31. The zero-order valence-corrected chi connectivity index (χ0v) is 10.9. The minimum absolute atomic E-state index is 0.147. The molecule has 1 nitrogen and oxygen atoms in total. The van der Waals surface area contributed by atoms with E-state index in [2.05, 4.69) is 0 Å². The van der Waals surface area contributed by atoms with Crippen LogP contribution in [-0.4, -0.2) is 23.3 Å². The summed E-state index contributed by atoms with van der Waals surface area (Å²) in [7, 11) is -1.45. The van der Waals surface area contributed by atoms with Crippen molar-refractivity contribution >= 4 is 80.4 Å². The van der Waals surface area contributed by atoms with Crippen molar-refractivity contribution in [3.05, 3.63) is 0 Å². The molecule has 0 aromatic heterocycles. The van der Waals surface area contributed by atoms with Crippen molar-refractivity contribution in [2.45, 2.75) is 7.59 Å². The summed E-state index contributed by atoms with van der Waals surface area (Å²) in [6, 6.07) is 0. The van der Waals surface area contributed by atoms with Crippen molar-refractivity contribution in [2.24, 2.45) is 0 Å². The first kappa shape index (κ1) is 13.9. The Morgan fingerprint density at radius 3 is 1.25 bits per heavy atom. The molecule has 0 aliphatic heterocycles. The monoisotopic (exact) mass is 310 g/mol. The summed E-state index contributed by atoms with van der Waals surface area (Å²) in [6.45, 7) is 0. The highest BCUT2D eigenvalue weighted by Gasteiger charge is 2.29. The second kappa shape index (κ2) is 5.11. The Labute approximate surface area is 103 Å². The Morgan fingerprint density at radius 2 is 1.08 bits per heavy atom. The molecule has 0 N–H and O–H groups in total. The molecule has 0 unspecified atom stereocenters. The fraction of sp³-hybridized carbons (Fsp3) is 1.00. The number of hydrogen-bond acceptors (Lipinski definition) is 1. The Bertz CT molecular complexity index is 151. The molecule has 0 fully saturated rings. The molecular weight excluding hydrogens is 309 g/mol. The molecule has 0 saturated carbocycles. The largest absolute Gasteiger partial charge is 0.259 e. The third-order valence-electron chi connectivity index (χ3n) is 0.649. The van der Waals surface area contributed by atoms with Gasteiger partial charge in [0, 0.05) is 10.8 Å². The zero-order valence-electron chi connectivity index (χ0n) is 5.50. The molecule has 0 heterocycles. The lowest BCUT2D eigenvalue weighted by molar-refractivity contribution is 0.682. The predicted molar refractivity (Wildman–Crippen MR) is 58.5 cm³/mol.